The fourth-order valence-electron chi connectivity index (χ4n) is 1.57. The van der Waals surface area contributed by atoms with Crippen LogP contribution < -0.4 is 0 Å². The van der Waals surface area contributed by atoms with Crippen LogP contribution in [0, 0.1) is 0 Å². The van der Waals surface area contributed by atoms with Crippen LogP contribution in [0.1, 0.15) is 41.5 Å². The fourth-order valence-corrected chi connectivity index (χ4v) is 1.57. The first-order chi connectivity index (χ1) is 9.27. The van der Waals surface area contributed by atoms with E-state index >= 15 is 0 Å². The van der Waals surface area contributed by atoms with Crippen molar-refractivity contribution in [3.05, 3.63) is 24.4 Å². The molecule has 0 saturated carbocycles. The van der Waals surface area contributed by atoms with Crippen LogP contribution in [0.4, 0.5) is 0 Å². The van der Waals surface area contributed by atoms with Gasteiger partial charge in [-0.1, -0.05) is 39.8 Å². The number of likely N-dealkylation sites (N-methyl/N-ethyl adjacent to an activating group) is 1. The van der Waals surface area contributed by atoms with Crippen LogP contribution in [-0.2, 0) is 0 Å². The van der Waals surface area contributed by atoms with Crippen LogP contribution in [-0.4, -0.2) is 48.9 Å². The van der Waals surface area contributed by atoms with Crippen molar-refractivity contribution in [3.8, 4) is 0 Å². The summed E-state index contributed by atoms with van der Waals surface area (Å²) in [5, 5.41) is 0. The summed E-state index contributed by atoms with van der Waals surface area (Å²) in [7, 11) is 2.16. The molecule has 0 atom stereocenters. The standard InChI is InChI=1S/C12H21N3.2C2H6/c1-4-6-12(13-7-5-2)15-10-8-14(3)9-11-15;2*1-2/h4-7H,8-11H2,1-3H3;2*1-2H3/b6-4-,7-5-,13-12+;;. The molecular weight excluding hydrogens is 234 g/mol. The molecule has 0 aromatic carbocycles. The minimum Gasteiger partial charge on any atom is -0.354 e. The van der Waals surface area contributed by atoms with Gasteiger partial charge in [-0.3, -0.25) is 0 Å². The number of amidine groups is 1. The smallest absolute Gasteiger partial charge is 0.128 e. The molecule has 0 spiro atoms. The van der Waals surface area contributed by atoms with Crippen molar-refractivity contribution in [2.75, 3.05) is 33.2 Å². The van der Waals surface area contributed by atoms with Gasteiger partial charge in [-0.15, -0.1) is 0 Å². The lowest BCUT2D eigenvalue weighted by Gasteiger charge is -2.33. The summed E-state index contributed by atoms with van der Waals surface area (Å²) in [6.07, 6.45) is 7.93. The number of hydrogen-bond acceptors (Lipinski definition) is 2. The molecule has 1 saturated heterocycles. The minimum absolute atomic E-state index is 1.07. The van der Waals surface area contributed by atoms with Crippen molar-refractivity contribution in [1.29, 1.82) is 0 Å². The van der Waals surface area contributed by atoms with Gasteiger partial charge in [0.1, 0.15) is 5.84 Å². The molecule has 0 aromatic rings. The third-order valence-corrected chi connectivity index (χ3v) is 2.50. The molecule has 1 heterocycles. The molecular formula is C16H33N3. The zero-order valence-corrected chi connectivity index (χ0v) is 14.0. The summed E-state index contributed by atoms with van der Waals surface area (Å²) in [4.78, 5) is 9.12. The van der Waals surface area contributed by atoms with E-state index in [0.29, 0.717) is 0 Å². The first-order valence-electron chi connectivity index (χ1n) is 7.53. The van der Waals surface area contributed by atoms with E-state index in [1.165, 1.54) is 0 Å². The van der Waals surface area contributed by atoms with Gasteiger partial charge in [-0.2, -0.15) is 0 Å². The highest BCUT2D eigenvalue weighted by molar-refractivity contribution is 5.93. The summed E-state index contributed by atoms with van der Waals surface area (Å²) in [6, 6.07) is 0. The number of aliphatic imine (C=N–C) groups is 1. The lowest BCUT2D eigenvalue weighted by atomic mass is 10.3. The van der Waals surface area contributed by atoms with Gasteiger partial charge < -0.3 is 9.80 Å². The number of rotatable bonds is 2. The normalized spacial score (nSPS) is 17.0. The Bertz CT molecular complexity index is 259. The Labute approximate surface area is 120 Å². The topological polar surface area (TPSA) is 18.8 Å². The van der Waals surface area contributed by atoms with Crippen molar-refractivity contribution >= 4 is 5.84 Å². The second-order valence-corrected chi connectivity index (χ2v) is 3.76. The monoisotopic (exact) mass is 267 g/mol. The highest BCUT2D eigenvalue weighted by Crippen LogP contribution is 2.02. The Morgan fingerprint density at radius 1 is 0.895 bits per heavy atom. The van der Waals surface area contributed by atoms with Crippen LogP contribution in [0.3, 0.4) is 0 Å². The zero-order chi connectivity index (χ0) is 15.1. The molecule has 0 amide bonds. The maximum Gasteiger partial charge on any atom is 0.128 e. The van der Waals surface area contributed by atoms with Crippen molar-refractivity contribution in [1.82, 2.24) is 9.80 Å². The summed E-state index contributed by atoms with van der Waals surface area (Å²) in [6.45, 7) is 16.4. The predicted molar refractivity (Wildman–Crippen MR) is 88.8 cm³/mol. The SMILES string of the molecule is CC.CC.C\C=C/N=C(\C=C/C)N1CCN(C)CC1. The highest BCUT2D eigenvalue weighted by atomic mass is 15.3. The molecule has 0 bridgehead atoms. The number of allylic oxidation sites excluding steroid dienone is 2. The average molecular weight is 267 g/mol. The largest absolute Gasteiger partial charge is 0.354 e. The Morgan fingerprint density at radius 2 is 1.42 bits per heavy atom. The first kappa shape index (κ1) is 20.2. The molecule has 1 rings (SSSR count). The summed E-state index contributed by atoms with van der Waals surface area (Å²) in [5.41, 5.74) is 0. The van der Waals surface area contributed by atoms with Crippen LogP contribution >= 0.6 is 0 Å². The summed E-state index contributed by atoms with van der Waals surface area (Å²) < 4.78 is 0. The number of piperazine rings is 1. The van der Waals surface area contributed by atoms with Gasteiger partial charge in [-0.05, 0) is 27.0 Å². The second kappa shape index (κ2) is 15.0. The van der Waals surface area contributed by atoms with Gasteiger partial charge in [0.25, 0.3) is 0 Å². The van der Waals surface area contributed by atoms with Crippen LogP contribution in [0.2, 0.25) is 0 Å². The number of hydrogen-bond donors (Lipinski definition) is 0. The van der Waals surface area contributed by atoms with Crippen molar-refractivity contribution < 1.29 is 0 Å². The second-order valence-electron chi connectivity index (χ2n) is 3.76. The molecule has 3 heteroatoms. The Hall–Kier alpha value is -1.09. The van der Waals surface area contributed by atoms with Crippen molar-refractivity contribution in [2.24, 2.45) is 4.99 Å². The van der Waals surface area contributed by atoms with Gasteiger partial charge >= 0.3 is 0 Å². The highest BCUT2D eigenvalue weighted by Gasteiger charge is 2.14. The molecule has 0 aliphatic carbocycles. The molecule has 0 N–H and O–H groups in total. The summed E-state index contributed by atoms with van der Waals surface area (Å²) in [5.74, 6) is 1.07. The van der Waals surface area contributed by atoms with E-state index in [4.69, 9.17) is 0 Å². The molecule has 0 radical (unpaired) electrons. The van der Waals surface area contributed by atoms with E-state index in [1.807, 2.05) is 59.9 Å². The van der Waals surface area contributed by atoms with E-state index in [-0.39, 0.29) is 0 Å². The molecule has 1 aliphatic heterocycles. The third kappa shape index (κ3) is 9.48. The number of nitrogens with zero attached hydrogens (tertiary/aromatic N) is 3. The van der Waals surface area contributed by atoms with Gasteiger partial charge in [0.05, 0.1) is 0 Å². The van der Waals surface area contributed by atoms with E-state index < -0.39 is 0 Å². The fraction of sp³-hybridized carbons (Fsp3) is 0.688. The molecule has 1 fully saturated rings. The summed E-state index contributed by atoms with van der Waals surface area (Å²) >= 11 is 0. The predicted octanol–water partition coefficient (Wildman–Crippen LogP) is 3.79. The van der Waals surface area contributed by atoms with Crippen molar-refractivity contribution in [2.45, 2.75) is 41.5 Å². The molecule has 3 nitrogen and oxygen atoms in total. The van der Waals surface area contributed by atoms with E-state index in [2.05, 4.69) is 27.9 Å². The zero-order valence-electron chi connectivity index (χ0n) is 14.0. The third-order valence-electron chi connectivity index (χ3n) is 2.50. The molecule has 0 unspecified atom stereocenters. The van der Waals surface area contributed by atoms with Gasteiger partial charge in [0.15, 0.2) is 0 Å². The first-order valence-corrected chi connectivity index (χ1v) is 7.53. The Morgan fingerprint density at radius 3 is 1.84 bits per heavy atom. The molecule has 0 aromatic heterocycles. The van der Waals surface area contributed by atoms with Crippen molar-refractivity contribution in [3.63, 3.8) is 0 Å². The maximum absolute atomic E-state index is 4.44. The maximum atomic E-state index is 4.44. The van der Waals surface area contributed by atoms with Gasteiger partial charge in [0.2, 0.25) is 0 Å². The average Bonchev–Trinajstić information content (AvgIpc) is 2.49. The lowest BCUT2D eigenvalue weighted by Crippen LogP contribution is -2.46. The van der Waals surface area contributed by atoms with E-state index in [0.717, 1.165) is 32.0 Å². The molecule has 19 heavy (non-hydrogen) atoms. The Kier molecular flexibility index (Phi) is 15.9. The van der Waals surface area contributed by atoms with Crippen LogP contribution in [0.15, 0.2) is 29.4 Å². The quantitative estimate of drug-likeness (QED) is 0.560. The van der Waals surface area contributed by atoms with Gasteiger partial charge in [-0.25, -0.2) is 4.99 Å². The van der Waals surface area contributed by atoms with Gasteiger partial charge in [0, 0.05) is 32.4 Å². The molecule has 112 valence electrons. The van der Waals surface area contributed by atoms with Crippen LogP contribution in [0.25, 0.3) is 0 Å². The van der Waals surface area contributed by atoms with Crippen LogP contribution in [0.5, 0.6) is 0 Å². The van der Waals surface area contributed by atoms with E-state index in [1.54, 1.807) is 0 Å². The molecule has 1 aliphatic rings. The minimum atomic E-state index is 1.07. The van der Waals surface area contributed by atoms with E-state index in [9.17, 15) is 0 Å². The lowest BCUT2D eigenvalue weighted by molar-refractivity contribution is 0.216. The Balaban J connectivity index is 0.